The van der Waals surface area contributed by atoms with E-state index < -0.39 is 30.9 Å². The Morgan fingerprint density at radius 1 is 0.933 bits per heavy atom. The molecule has 0 saturated carbocycles. The monoisotopic (exact) mass is 246 g/mol. The molecular weight excluding hydrogens is 244 g/mol. The summed E-state index contributed by atoms with van der Waals surface area (Å²) < 4.78 is 94.9. The zero-order chi connectivity index (χ0) is 12.4. The molecule has 0 radical (unpaired) electrons. The highest BCUT2D eigenvalue weighted by atomic mass is 19.4. The predicted octanol–water partition coefficient (Wildman–Crippen LogP) is 2.29. The zero-order valence-corrected chi connectivity index (χ0v) is 6.49. The van der Waals surface area contributed by atoms with Crippen molar-refractivity contribution in [2.45, 2.75) is 24.9 Å². The van der Waals surface area contributed by atoms with Gasteiger partial charge in [-0.3, -0.25) is 0 Å². The largest absolute Gasteiger partial charge is 0.439 e. The third kappa shape index (κ3) is 4.30. The van der Waals surface area contributed by atoms with Crippen LogP contribution < -0.4 is 0 Å². The third-order valence-electron chi connectivity index (χ3n) is 1.01. The summed E-state index contributed by atoms with van der Waals surface area (Å²) in [5, 5.41) is 0. The first-order chi connectivity index (χ1) is 6.46. The first kappa shape index (κ1) is 13.9. The van der Waals surface area contributed by atoms with E-state index in [0.717, 1.165) is 0 Å². The van der Waals surface area contributed by atoms with E-state index in [2.05, 4.69) is 4.74 Å². The minimum atomic E-state index is -5.98. The smallest absolute Gasteiger partial charge is 0.434 e. The van der Waals surface area contributed by atoms with Crippen molar-refractivity contribution in [3.63, 3.8) is 0 Å². The molecular formula is C5H2F8O2. The quantitative estimate of drug-likeness (QED) is 0.552. The molecule has 0 unspecified atom stereocenters. The Bertz CT molecular complexity index is 214. The van der Waals surface area contributed by atoms with E-state index in [1.54, 1.807) is 0 Å². The summed E-state index contributed by atoms with van der Waals surface area (Å²) >= 11 is 0. The standard InChI is InChI=1S/C5H2F8O2/c6-1(7)2(14)15-3(4(8,9)10)5(11,12)13/h1,3H. The molecule has 0 aromatic carbocycles. The molecule has 0 bridgehead atoms. The lowest BCUT2D eigenvalue weighted by Crippen LogP contribution is -2.46. The van der Waals surface area contributed by atoms with Gasteiger partial charge >= 0.3 is 24.7 Å². The van der Waals surface area contributed by atoms with E-state index in [-0.39, 0.29) is 0 Å². The second-order valence-corrected chi connectivity index (χ2v) is 2.20. The molecule has 10 heteroatoms. The number of halogens is 8. The molecule has 0 amide bonds. The van der Waals surface area contributed by atoms with Crippen LogP contribution >= 0.6 is 0 Å². The van der Waals surface area contributed by atoms with Gasteiger partial charge in [-0.15, -0.1) is 0 Å². The molecule has 0 N–H and O–H groups in total. The van der Waals surface area contributed by atoms with Gasteiger partial charge in [0, 0.05) is 0 Å². The van der Waals surface area contributed by atoms with Crippen LogP contribution in [0.1, 0.15) is 0 Å². The van der Waals surface area contributed by atoms with Gasteiger partial charge < -0.3 is 4.74 Å². The van der Waals surface area contributed by atoms with Crippen LogP contribution in [0.5, 0.6) is 0 Å². The summed E-state index contributed by atoms with van der Waals surface area (Å²) in [5.41, 5.74) is 0. The van der Waals surface area contributed by atoms with Crippen molar-refractivity contribution >= 4 is 5.97 Å². The van der Waals surface area contributed by atoms with Crippen molar-refractivity contribution in [1.82, 2.24) is 0 Å². The van der Waals surface area contributed by atoms with Crippen LogP contribution in [0.4, 0.5) is 35.1 Å². The van der Waals surface area contributed by atoms with Crippen molar-refractivity contribution in [3.05, 3.63) is 0 Å². The molecule has 0 rings (SSSR count). The molecule has 90 valence electrons. The lowest BCUT2D eigenvalue weighted by molar-refractivity contribution is -0.315. The van der Waals surface area contributed by atoms with E-state index in [1.807, 2.05) is 0 Å². The molecule has 0 heterocycles. The van der Waals surface area contributed by atoms with Gasteiger partial charge in [0.15, 0.2) is 0 Å². The predicted molar refractivity (Wildman–Crippen MR) is 28.0 cm³/mol. The van der Waals surface area contributed by atoms with Crippen molar-refractivity contribution in [2.75, 3.05) is 0 Å². The maximum Gasteiger partial charge on any atom is 0.434 e. The molecule has 0 aliphatic rings. The fourth-order valence-corrected chi connectivity index (χ4v) is 0.487. The number of carbonyl (C=O) groups excluding carboxylic acids is 1. The summed E-state index contributed by atoms with van der Waals surface area (Å²) in [4.78, 5) is 9.87. The normalized spacial score (nSPS) is 13.5. The van der Waals surface area contributed by atoms with Gasteiger partial charge in [-0.2, -0.15) is 35.1 Å². The van der Waals surface area contributed by atoms with Crippen LogP contribution in [0.15, 0.2) is 0 Å². The molecule has 0 atom stereocenters. The molecule has 15 heavy (non-hydrogen) atoms. The minimum Gasteiger partial charge on any atom is -0.439 e. The van der Waals surface area contributed by atoms with E-state index in [9.17, 15) is 39.9 Å². The van der Waals surface area contributed by atoms with Crippen molar-refractivity contribution < 1.29 is 44.7 Å². The van der Waals surface area contributed by atoms with Crippen LogP contribution in [-0.2, 0) is 9.53 Å². The Morgan fingerprint density at radius 2 is 1.27 bits per heavy atom. The molecule has 0 aromatic heterocycles. The Hall–Kier alpha value is -1.09. The average molecular weight is 246 g/mol. The molecule has 0 spiro atoms. The molecule has 0 saturated heterocycles. The highest BCUT2D eigenvalue weighted by molar-refractivity contribution is 5.73. The van der Waals surface area contributed by atoms with Gasteiger partial charge in [-0.1, -0.05) is 0 Å². The Morgan fingerprint density at radius 3 is 1.47 bits per heavy atom. The lowest BCUT2D eigenvalue weighted by atomic mass is 10.3. The van der Waals surface area contributed by atoms with Gasteiger partial charge in [0.1, 0.15) is 0 Å². The van der Waals surface area contributed by atoms with Gasteiger partial charge in [-0.05, 0) is 0 Å². The fraction of sp³-hybridized carbons (Fsp3) is 0.800. The van der Waals surface area contributed by atoms with E-state index in [0.29, 0.717) is 0 Å². The highest BCUT2D eigenvalue weighted by Crippen LogP contribution is 2.35. The highest BCUT2D eigenvalue weighted by Gasteiger charge is 2.60. The van der Waals surface area contributed by atoms with Crippen molar-refractivity contribution in [2.24, 2.45) is 0 Å². The first-order valence-corrected chi connectivity index (χ1v) is 3.08. The van der Waals surface area contributed by atoms with Crippen LogP contribution in [0.2, 0.25) is 0 Å². The summed E-state index contributed by atoms with van der Waals surface area (Å²) in [6, 6.07) is 0. The van der Waals surface area contributed by atoms with Crippen LogP contribution in [-0.4, -0.2) is 30.9 Å². The summed E-state index contributed by atoms with van der Waals surface area (Å²) in [5.74, 6) is -2.88. The van der Waals surface area contributed by atoms with E-state index >= 15 is 0 Å². The number of rotatable bonds is 2. The third-order valence-corrected chi connectivity index (χ3v) is 1.01. The maximum absolute atomic E-state index is 11.6. The fourth-order valence-electron chi connectivity index (χ4n) is 0.487. The molecule has 0 fully saturated rings. The molecule has 2 nitrogen and oxygen atoms in total. The summed E-state index contributed by atoms with van der Waals surface area (Å²) in [6.07, 6.45) is -20.6. The number of alkyl halides is 8. The van der Waals surface area contributed by atoms with Gasteiger partial charge in [0.25, 0.3) is 6.10 Å². The van der Waals surface area contributed by atoms with Gasteiger partial charge in [-0.25, -0.2) is 4.79 Å². The SMILES string of the molecule is O=C(OC(C(F)(F)F)C(F)(F)F)C(F)F. The second-order valence-electron chi connectivity index (χ2n) is 2.20. The van der Waals surface area contributed by atoms with Gasteiger partial charge in [0.2, 0.25) is 0 Å². The zero-order valence-electron chi connectivity index (χ0n) is 6.49. The van der Waals surface area contributed by atoms with Crippen LogP contribution in [0.3, 0.4) is 0 Å². The van der Waals surface area contributed by atoms with Gasteiger partial charge in [0.05, 0.1) is 0 Å². The van der Waals surface area contributed by atoms with Crippen LogP contribution in [0, 0.1) is 0 Å². The Balaban J connectivity index is 4.77. The summed E-state index contributed by atoms with van der Waals surface area (Å²) in [6.45, 7) is 0. The van der Waals surface area contributed by atoms with E-state index in [1.165, 1.54) is 0 Å². The first-order valence-electron chi connectivity index (χ1n) is 3.08. The number of carbonyl (C=O) groups is 1. The number of esters is 1. The minimum absolute atomic E-state index is 2.60. The maximum atomic E-state index is 11.6. The van der Waals surface area contributed by atoms with E-state index in [4.69, 9.17) is 0 Å². The molecule has 0 aliphatic heterocycles. The molecule has 0 aromatic rings. The average Bonchev–Trinajstić information content (AvgIpc) is 1.94. The Kier molecular flexibility index (Phi) is 3.88. The number of ether oxygens (including phenoxy) is 1. The Labute approximate surface area is 76.8 Å². The van der Waals surface area contributed by atoms with Crippen LogP contribution in [0.25, 0.3) is 0 Å². The second kappa shape index (κ2) is 4.19. The lowest BCUT2D eigenvalue weighted by Gasteiger charge is -2.22. The number of hydrogen-bond acceptors (Lipinski definition) is 2. The molecule has 0 aliphatic carbocycles. The number of hydrogen-bond donors (Lipinski definition) is 0. The van der Waals surface area contributed by atoms with Crippen molar-refractivity contribution in [3.8, 4) is 0 Å². The van der Waals surface area contributed by atoms with Crippen molar-refractivity contribution in [1.29, 1.82) is 0 Å². The summed E-state index contributed by atoms with van der Waals surface area (Å²) in [7, 11) is 0. The topological polar surface area (TPSA) is 26.3 Å².